The number of fused-ring (bicyclic) bond motifs is 2. The molecule has 5 nitrogen and oxygen atoms in total. The Hall–Kier alpha value is -1.75. The molecular weight excluding hydrogens is 300 g/mol. The maximum absolute atomic E-state index is 12.8. The van der Waals surface area contributed by atoms with Crippen LogP contribution in [0.2, 0.25) is 5.02 Å². The number of piperidine rings is 1. The van der Waals surface area contributed by atoms with Gasteiger partial charge in [0.05, 0.1) is 11.2 Å². The van der Waals surface area contributed by atoms with Gasteiger partial charge in [-0.3, -0.25) is 9.89 Å². The molecule has 22 heavy (non-hydrogen) atoms. The van der Waals surface area contributed by atoms with E-state index in [1.165, 1.54) is 11.3 Å². The summed E-state index contributed by atoms with van der Waals surface area (Å²) in [6, 6.07) is 1.75. The molecular formula is C16H19ClN4O. The minimum atomic E-state index is 0.0642. The lowest BCUT2D eigenvalue weighted by Gasteiger charge is -2.40. The second kappa shape index (κ2) is 4.88. The number of aryl methyl sites for hydroxylation is 2. The van der Waals surface area contributed by atoms with E-state index in [9.17, 15) is 4.79 Å². The van der Waals surface area contributed by atoms with E-state index in [2.05, 4.69) is 10.2 Å². The Morgan fingerprint density at radius 3 is 3.09 bits per heavy atom. The van der Waals surface area contributed by atoms with Crippen LogP contribution in [0, 0.1) is 0 Å². The van der Waals surface area contributed by atoms with E-state index in [4.69, 9.17) is 11.6 Å². The summed E-state index contributed by atoms with van der Waals surface area (Å²) in [6.07, 6.45) is 8.03. The van der Waals surface area contributed by atoms with Crippen molar-refractivity contribution in [2.45, 2.75) is 31.1 Å². The molecule has 1 atom stereocenters. The zero-order valence-electron chi connectivity index (χ0n) is 12.6. The van der Waals surface area contributed by atoms with E-state index in [1.807, 2.05) is 22.7 Å². The Morgan fingerprint density at radius 1 is 1.45 bits per heavy atom. The van der Waals surface area contributed by atoms with Gasteiger partial charge in [-0.25, -0.2) is 0 Å². The van der Waals surface area contributed by atoms with E-state index in [-0.39, 0.29) is 11.3 Å². The third-order valence-electron chi connectivity index (χ3n) is 5.18. The van der Waals surface area contributed by atoms with Gasteiger partial charge in [0.25, 0.3) is 5.91 Å². The van der Waals surface area contributed by atoms with E-state index in [0.717, 1.165) is 38.8 Å². The maximum atomic E-state index is 12.8. The molecule has 1 aliphatic carbocycles. The predicted octanol–water partition coefficient (Wildman–Crippen LogP) is 2.52. The fraction of sp³-hybridized carbons (Fsp3) is 0.500. The number of aromatic amines is 1. The van der Waals surface area contributed by atoms with Crippen LogP contribution >= 0.6 is 11.6 Å². The van der Waals surface area contributed by atoms with Gasteiger partial charge in [0.1, 0.15) is 5.69 Å². The number of hydrogen-bond acceptors (Lipinski definition) is 2. The first-order valence-electron chi connectivity index (χ1n) is 7.73. The summed E-state index contributed by atoms with van der Waals surface area (Å²) in [7, 11) is 1.86. The third-order valence-corrected chi connectivity index (χ3v) is 5.38. The SMILES string of the molecule is Cn1cc(Cl)cc1C(=O)N1CCCC2(CCc3cn[nH]c32)C1. The average molecular weight is 319 g/mol. The van der Waals surface area contributed by atoms with Crippen molar-refractivity contribution < 1.29 is 4.79 Å². The van der Waals surface area contributed by atoms with E-state index in [0.29, 0.717) is 10.7 Å². The second-order valence-corrected chi connectivity index (χ2v) is 6.97. The van der Waals surface area contributed by atoms with Crippen LogP contribution in [0.25, 0.3) is 0 Å². The lowest BCUT2D eigenvalue weighted by atomic mass is 9.77. The summed E-state index contributed by atoms with van der Waals surface area (Å²) in [5.74, 6) is 0.0708. The fourth-order valence-corrected chi connectivity index (χ4v) is 4.32. The Bertz CT molecular complexity index is 734. The normalized spacial score (nSPS) is 24.0. The molecule has 4 rings (SSSR count). The fourth-order valence-electron chi connectivity index (χ4n) is 4.07. The first-order valence-corrected chi connectivity index (χ1v) is 8.11. The zero-order chi connectivity index (χ0) is 15.3. The highest BCUT2D eigenvalue weighted by molar-refractivity contribution is 6.31. The minimum absolute atomic E-state index is 0.0642. The number of likely N-dealkylation sites (tertiary alicyclic amines) is 1. The van der Waals surface area contributed by atoms with Gasteiger partial charge in [0.15, 0.2) is 0 Å². The molecule has 2 aromatic heterocycles. The summed E-state index contributed by atoms with van der Waals surface area (Å²) in [4.78, 5) is 14.8. The summed E-state index contributed by atoms with van der Waals surface area (Å²) >= 11 is 6.02. The van der Waals surface area contributed by atoms with Crippen molar-refractivity contribution in [3.05, 3.63) is 40.4 Å². The maximum Gasteiger partial charge on any atom is 0.270 e. The van der Waals surface area contributed by atoms with E-state index >= 15 is 0 Å². The molecule has 1 N–H and O–H groups in total. The van der Waals surface area contributed by atoms with Crippen LogP contribution in [-0.2, 0) is 18.9 Å². The number of rotatable bonds is 1. The topological polar surface area (TPSA) is 53.9 Å². The van der Waals surface area contributed by atoms with Crippen LogP contribution in [0.15, 0.2) is 18.5 Å². The van der Waals surface area contributed by atoms with Gasteiger partial charge in [-0.15, -0.1) is 0 Å². The van der Waals surface area contributed by atoms with E-state index < -0.39 is 0 Å². The molecule has 1 unspecified atom stereocenters. The molecule has 1 aliphatic heterocycles. The number of nitrogens with one attached hydrogen (secondary N) is 1. The van der Waals surface area contributed by atoms with Gasteiger partial charge in [0.2, 0.25) is 0 Å². The molecule has 0 aromatic carbocycles. The van der Waals surface area contributed by atoms with Crippen LogP contribution in [0.1, 0.15) is 41.0 Å². The molecule has 0 saturated carbocycles. The molecule has 2 aromatic rings. The number of nitrogens with zero attached hydrogens (tertiary/aromatic N) is 3. The number of hydrogen-bond donors (Lipinski definition) is 1. The number of halogens is 1. The number of amides is 1. The van der Waals surface area contributed by atoms with Crippen molar-refractivity contribution in [3.63, 3.8) is 0 Å². The van der Waals surface area contributed by atoms with Crippen LogP contribution in [0.4, 0.5) is 0 Å². The first-order chi connectivity index (χ1) is 10.6. The predicted molar refractivity (Wildman–Crippen MR) is 84.1 cm³/mol. The van der Waals surface area contributed by atoms with Gasteiger partial charge < -0.3 is 9.47 Å². The van der Waals surface area contributed by atoms with Crippen molar-refractivity contribution >= 4 is 17.5 Å². The highest BCUT2D eigenvalue weighted by Crippen LogP contribution is 2.44. The second-order valence-electron chi connectivity index (χ2n) is 6.54. The molecule has 2 aliphatic rings. The van der Waals surface area contributed by atoms with Crippen LogP contribution in [0.3, 0.4) is 0 Å². The average Bonchev–Trinajstić information content (AvgIpc) is 3.17. The van der Waals surface area contributed by atoms with Gasteiger partial charge >= 0.3 is 0 Å². The Labute approximate surface area is 134 Å². The number of carbonyl (C=O) groups excluding carboxylic acids is 1. The molecule has 1 spiro atoms. The molecule has 6 heteroatoms. The molecule has 3 heterocycles. The highest BCUT2D eigenvalue weighted by atomic mass is 35.5. The molecule has 0 radical (unpaired) electrons. The van der Waals surface area contributed by atoms with Crippen LogP contribution < -0.4 is 0 Å². The first kappa shape index (κ1) is 13.9. The largest absolute Gasteiger partial charge is 0.345 e. The zero-order valence-corrected chi connectivity index (χ0v) is 13.4. The molecule has 1 amide bonds. The van der Waals surface area contributed by atoms with Crippen LogP contribution in [0.5, 0.6) is 0 Å². The van der Waals surface area contributed by atoms with Crippen LogP contribution in [-0.4, -0.2) is 38.7 Å². The lowest BCUT2D eigenvalue weighted by Crippen LogP contribution is -2.48. The standard InChI is InChI=1S/C16H19ClN4O/c1-20-9-12(17)7-13(20)15(22)21-6-2-4-16(10-21)5-3-11-8-18-19-14(11)16/h7-9H,2-6,10H2,1H3,(H,18,19). The summed E-state index contributed by atoms with van der Waals surface area (Å²) in [5.41, 5.74) is 3.28. The molecule has 1 fully saturated rings. The van der Waals surface area contributed by atoms with Crippen molar-refractivity contribution in [3.8, 4) is 0 Å². The van der Waals surface area contributed by atoms with Gasteiger partial charge in [-0.2, -0.15) is 5.10 Å². The van der Waals surface area contributed by atoms with Crippen molar-refractivity contribution in [1.29, 1.82) is 0 Å². The van der Waals surface area contributed by atoms with E-state index in [1.54, 1.807) is 12.3 Å². The summed E-state index contributed by atoms with van der Waals surface area (Å²) < 4.78 is 1.81. The highest BCUT2D eigenvalue weighted by Gasteiger charge is 2.44. The summed E-state index contributed by atoms with van der Waals surface area (Å²) in [5, 5.41) is 7.97. The lowest BCUT2D eigenvalue weighted by molar-refractivity contribution is 0.0623. The van der Waals surface area contributed by atoms with Gasteiger partial charge in [-0.05, 0) is 37.3 Å². The quantitative estimate of drug-likeness (QED) is 0.878. The minimum Gasteiger partial charge on any atom is -0.345 e. The van der Waals surface area contributed by atoms with Gasteiger partial charge in [0, 0.05) is 37.4 Å². The smallest absolute Gasteiger partial charge is 0.270 e. The number of aromatic nitrogens is 3. The molecule has 116 valence electrons. The Balaban J connectivity index is 1.62. The summed E-state index contributed by atoms with van der Waals surface area (Å²) in [6.45, 7) is 1.58. The number of H-pyrrole nitrogens is 1. The van der Waals surface area contributed by atoms with Crippen molar-refractivity contribution in [1.82, 2.24) is 19.7 Å². The monoisotopic (exact) mass is 318 g/mol. The number of carbonyl (C=O) groups is 1. The Morgan fingerprint density at radius 2 is 2.32 bits per heavy atom. The molecule has 0 bridgehead atoms. The van der Waals surface area contributed by atoms with Crippen molar-refractivity contribution in [2.75, 3.05) is 13.1 Å². The Kier molecular flexibility index (Phi) is 3.08. The third kappa shape index (κ3) is 1.99. The van der Waals surface area contributed by atoms with Crippen molar-refractivity contribution in [2.24, 2.45) is 7.05 Å². The molecule has 1 saturated heterocycles. The van der Waals surface area contributed by atoms with Gasteiger partial charge in [-0.1, -0.05) is 11.6 Å².